The molecule has 144 valence electrons. The highest BCUT2D eigenvalue weighted by atomic mass is 35.5. The van der Waals surface area contributed by atoms with Crippen LogP contribution in [0.5, 0.6) is 11.5 Å². The van der Waals surface area contributed by atoms with E-state index in [-0.39, 0.29) is 28.1 Å². The molecule has 3 rings (SSSR count). The number of hydrogen-bond donors (Lipinski definition) is 0. The van der Waals surface area contributed by atoms with Crippen LogP contribution in [0.25, 0.3) is 6.08 Å². The lowest BCUT2D eigenvalue weighted by Gasteiger charge is -2.12. The number of esters is 2. The molecular formula is C20H15Cl2NO5. The third kappa shape index (κ3) is 4.52. The van der Waals surface area contributed by atoms with Gasteiger partial charge >= 0.3 is 11.9 Å². The molecule has 28 heavy (non-hydrogen) atoms. The van der Waals surface area contributed by atoms with E-state index >= 15 is 0 Å². The van der Waals surface area contributed by atoms with Gasteiger partial charge in [-0.05, 0) is 48.9 Å². The largest absolute Gasteiger partial charge is 0.490 e. The molecule has 0 amide bonds. The topological polar surface area (TPSA) is 74.2 Å². The fourth-order valence-corrected chi connectivity index (χ4v) is 2.94. The zero-order chi connectivity index (χ0) is 20.3. The van der Waals surface area contributed by atoms with E-state index in [1.807, 2.05) is 0 Å². The minimum Gasteiger partial charge on any atom is -0.490 e. The Morgan fingerprint density at radius 2 is 2.04 bits per heavy atom. The normalized spacial score (nSPS) is 14.6. The highest BCUT2D eigenvalue weighted by Gasteiger charge is 2.25. The van der Waals surface area contributed by atoms with Crippen LogP contribution in [0.15, 0.2) is 47.1 Å². The molecule has 0 radical (unpaired) electrons. The molecule has 0 fully saturated rings. The summed E-state index contributed by atoms with van der Waals surface area (Å²) in [7, 11) is 0. The predicted molar refractivity (Wildman–Crippen MR) is 106 cm³/mol. The Morgan fingerprint density at radius 1 is 1.25 bits per heavy atom. The van der Waals surface area contributed by atoms with Gasteiger partial charge in [0.2, 0.25) is 5.90 Å². The number of nitrogens with zero attached hydrogens (tertiary/aromatic N) is 1. The van der Waals surface area contributed by atoms with E-state index in [9.17, 15) is 9.59 Å². The van der Waals surface area contributed by atoms with E-state index in [0.717, 1.165) is 0 Å². The summed E-state index contributed by atoms with van der Waals surface area (Å²) in [5, 5.41) is 0.668. The first-order valence-electron chi connectivity index (χ1n) is 8.30. The van der Waals surface area contributed by atoms with Crippen molar-refractivity contribution in [2.45, 2.75) is 13.8 Å². The van der Waals surface area contributed by atoms with Gasteiger partial charge in [0.25, 0.3) is 0 Å². The number of cyclic esters (lactones) is 1. The van der Waals surface area contributed by atoms with Gasteiger partial charge in [0.15, 0.2) is 17.2 Å². The molecule has 6 nitrogen and oxygen atoms in total. The van der Waals surface area contributed by atoms with E-state index in [4.69, 9.17) is 37.4 Å². The summed E-state index contributed by atoms with van der Waals surface area (Å²) in [6.45, 7) is 3.39. The lowest BCUT2D eigenvalue weighted by Crippen LogP contribution is -2.05. The van der Waals surface area contributed by atoms with Gasteiger partial charge in [-0.2, -0.15) is 0 Å². The van der Waals surface area contributed by atoms with E-state index in [1.165, 1.54) is 19.1 Å². The Kier molecular flexibility index (Phi) is 6.02. The van der Waals surface area contributed by atoms with E-state index in [0.29, 0.717) is 22.8 Å². The quantitative estimate of drug-likeness (QED) is 0.400. The summed E-state index contributed by atoms with van der Waals surface area (Å²) in [5.74, 6) is -0.568. The molecule has 0 spiro atoms. The Morgan fingerprint density at radius 3 is 2.71 bits per heavy atom. The maximum atomic E-state index is 12.2. The Balaban J connectivity index is 1.98. The molecule has 0 N–H and O–H groups in total. The van der Waals surface area contributed by atoms with Crippen molar-refractivity contribution in [1.82, 2.24) is 0 Å². The number of halogens is 2. The van der Waals surface area contributed by atoms with Crippen LogP contribution < -0.4 is 9.47 Å². The van der Waals surface area contributed by atoms with Crippen LogP contribution in [0, 0.1) is 0 Å². The first-order chi connectivity index (χ1) is 13.4. The number of aliphatic imine (C=N–C) groups is 1. The van der Waals surface area contributed by atoms with Crippen molar-refractivity contribution in [3.05, 3.63) is 63.3 Å². The third-order valence-corrected chi connectivity index (χ3v) is 4.09. The number of benzene rings is 2. The summed E-state index contributed by atoms with van der Waals surface area (Å²) in [6, 6.07) is 9.96. The summed E-state index contributed by atoms with van der Waals surface area (Å²) in [5.41, 5.74) is 1.21. The van der Waals surface area contributed by atoms with Gasteiger partial charge in [-0.3, -0.25) is 4.79 Å². The summed E-state index contributed by atoms with van der Waals surface area (Å²) >= 11 is 12.2. The zero-order valence-electron chi connectivity index (χ0n) is 15.0. The van der Waals surface area contributed by atoms with Crippen molar-refractivity contribution in [2.24, 2.45) is 4.99 Å². The molecule has 0 bridgehead atoms. The molecule has 1 aliphatic heterocycles. The minimum absolute atomic E-state index is 0.0914. The van der Waals surface area contributed by atoms with Crippen LogP contribution in [0.4, 0.5) is 0 Å². The Labute approximate surface area is 171 Å². The lowest BCUT2D eigenvalue weighted by molar-refractivity contribution is -0.132. The van der Waals surface area contributed by atoms with E-state index < -0.39 is 11.9 Å². The van der Waals surface area contributed by atoms with Gasteiger partial charge in [0.05, 0.1) is 11.6 Å². The molecule has 2 aromatic rings. The van der Waals surface area contributed by atoms with Crippen LogP contribution in [0.2, 0.25) is 10.0 Å². The molecule has 1 heterocycles. The second-order valence-electron chi connectivity index (χ2n) is 5.70. The number of hydrogen-bond acceptors (Lipinski definition) is 6. The molecule has 0 aromatic heterocycles. The van der Waals surface area contributed by atoms with E-state index in [1.54, 1.807) is 37.3 Å². The van der Waals surface area contributed by atoms with Gasteiger partial charge in [0, 0.05) is 17.5 Å². The van der Waals surface area contributed by atoms with Gasteiger partial charge in [0.1, 0.15) is 0 Å². The van der Waals surface area contributed by atoms with Gasteiger partial charge < -0.3 is 14.2 Å². The van der Waals surface area contributed by atoms with Crippen LogP contribution in [0.1, 0.15) is 25.0 Å². The molecule has 0 saturated carbocycles. The maximum Gasteiger partial charge on any atom is 0.363 e. The standard InChI is InChI=1S/C20H15Cl2NO5/c1-3-26-17-9-12(7-15(22)18(17)27-11(2)24)8-16-20(25)28-19(23-16)13-5-4-6-14(21)10-13/h4-10H,3H2,1-2H3. The average Bonchev–Trinajstić information content (AvgIpc) is 2.99. The molecule has 0 saturated heterocycles. The highest BCUT2D eigenvalue weighted by Crippen LogP contribution is 2.37. The van der Waals surface area contributed by atoms with Crippen molar-refractivity contribution in [2.75, 3.05) is 6.61 Å². The highest BCUT2D eigenvalue weighted by molar-refractivity contribution is 6.32. The van der Waals surface area contributed by atoms with Crippen molar-refractivity contribution in [3.63, 3.8) is 0 Å². The second-order valence-corrected chi connectivity index (χ2v) is 6.55. The number of carbonyl (C=O) groups is 2. The Bertz CT molecular complexity index is 1010. The fraction of sp³-hybridized carbons (Fsp3) is 0.150. The van der Waals surface area contributed by atoms with Gasteiger partial charge in [-0.25, -0.2) is 9.79 Å². The zero-order valence-corrected chi connectivity index (χ0v) is 16.5. The minimum atomic E-state index is -0.604. The summed E-state index contributed by atoms with van der Waals surface area (Å²) < 4.78 is 15.8. The number of ether oxygens (including phenoxy) is 3. The van der Waals surface area contributed by atoms with Crippen molar-refractivity contribution >= 4 is 47.1 Å². The average molecular weight is 420 g/mol. The second kappa shape index (κ2) is 8.46. The molecule has 1 aliphatic rings. The molecule has 0 aliphatic carbocycles. The van der Waals surface area contributed by atoms with Crippen LogP contribution in [-0.2, 0) is 14.3 Å². The Hall–Kier alpha value is -2.83. The summed E-state index contributed by atoms with van der Waals surface area (Å²) in [4.78, 5) is 27.7. The predicted octanol–water partition coefficient (Wildman–Crippen LogP) is 4.66. The third-order valence-electron chi connectivity index (χ3n) is 3.57. The SMILES string of the molecule is CCOc1cc(C=C2N=C(c3cccc(Cl)c3)OC2=O)cc(Cl)c1OC(C)=O. The van der Waals surface area contributed by atoms with Crippen molar-refractivity contribution < 1.29 is 23.8 Å². The summed E-state index contributed by atoms with van der Waals surface area (Å²) in [6.07, 6.45) is 1.51. The smallest absolute Gasteiger partial charge is 0.363 e. The monoisotopic (exact) mass is 419 g/mol. The fourth-order valence-electron chi connectivity index (χ4n) is 2.49. The molecule has 2 aromatic carbocycles. The lowest BCUT2D eigenvalue weighted by atomic mass is 10.1. The molecule has 0 unspecified atom stereocenters. The van der Waals surface area contributed by atoms with Crippen LogP contribution in [-0.4, -0.2) is 24.4 Å². The van der Waals surface area contributed by atoms with Crippen molar-refractivity contribution in [1.29, 1.82) is 0 Å². The number of rotatable bonds is 5. The van der Waals surface area contributed by atoms with Gasteiger partial charge in [-0.15, -0.1) is 0 Å². The van der Waals surface area contributed by atoms with Crippen molar-refractivity contribution in [3.8, 4) is 11.5 Å². The van der Waals surface area contributed by atoms with Crippen LogP contribution >= 0.6 is 23.2 Å². The molecular weight excluding hydrogens is 405 g/mol. The maximum absolute atomic E-state index is 12.2. The first-order valence-corrected chi connectivity index (χ1v) is 9.06. The molecule has 0 atom stereocenters. The van der Waals surface area contributed by atoms with Gasteiger partial charge in [-0.1, -0.05) is 29.3 Å². The van der Waals surface area contributed by atoms with Crippen LogP contribution in [0.3, 0.4) is 0 Å². The van der Waals surface area contributed by atoms with E-state index in [2.05, 4.69) is 4.99 Å². The first kappa shape index (κ1) is 19.9. The number of carbonyl (C=O) groups excluding carboxylic acids is 2. The molecule has 8 heteroatoms.